The van der Waals surface area contributed by atoms with Crippen LogP contribution in [-0.4, -0.2) is 6.61 Å². The van der Waals surface area contributed by atoms with Gasteiger partial charge in [0, 0.05) is 11.6 Å². The molecule has 72 valence electrons. The van der Waals surface area contributed by atoms with Crippen molar-refractivity contribution in [3.63, 3.8) is 0 Å². The van der Waals surface area contributed by atoms with Crippen molar-refractivity contribution in [3.05, 3.63) is 29.6 Å². The summed E-state index contributed by atoms with van der Waals surface area (Å²) in [6.07, 6.45) is 0. The summed E-state index contributed by atoms with van der Waals surface area (Å²) in [6.45, 7) is 4.06. The Morgan fingerprint density at radius 2 is 2.23 bits per heavy atom. The normalized spacial score (nSPS) is 12.6. The number of nitrogens with two attached hydrogens (primary N) is 1. The number of benzene rings is 1. The minimum Gasteiger partial charge on any atom is -0.490 e. The zero-order valence-corrected chi connectivity index (χ0v) is 7.88. The van der Waals surface area contributed by atoms with E-state index in [-0.39, 0.29) is 17.6 Å². The van der Waals surface area contributed by atoms with Gasteiger partial charge in [-0.25, -0.2) is 4.39 Å². The molecular weight excluding hydrogens is 169 g/mol. The molecule has 2 nitrogen and oxygen atoms in total. The highest BCUT2D eigenvalue weighted by molar-refractivity contribution is 5.36. The third-order valence-electron chi connectivity index (χ3n) is 1.78. The van der Waals surface area contributed by atoms with E-state index in [2.05, 4.69) is 0 Å². The second-order valence-corrected chi connectivity index (χ2v) is 2.88. The zero-order chi connectivity index (χ0) is 9.84. The molecule has 0 amide bonds. The van der Waals surface area contributed by atoms with Crippen molar-refractivity contribution in [3.8, 4) is 5.75 Å². The van der Waals surface area contributed by atoms with E-state index < -0.39 is 0 Å². The molecule has 0 aromatic heterocycles. The summed E-state index contributed by atoms with van der Waals surface area (Å²) < 4.78 is 18.4. The number of hydrogen-bond donors (Lipinski definition) is 1. The predicted molar refractivity (Wildman–Crippen MR) is 50.2 cm³/mol. The third kappa shape index (κ3) is 2.18. The molecule has 3 heteroatoms. The maximum absolute atomic E-state index is 13.2. The Morgan fingerprint density at radius 3 is 2.77 bits per heavy atom. The lowest BCUT2D eigenvalue weighted by molar-refractivity contribution is 0.316. The molecular formula is C10H14FNO. The van der Waals surface area contributed by atoms with Crippen LogP contribution in [0.15, 0.2) is 18.2 Å². The highest BCUT2D eigenvalue weighted by Gasteiger charge is 2.11. The van der Waals surface area contributed by atoms with Crippen molar-refractivity contribution in [1.29, 1.82) is 0 Å². The lowest BCUT2D eigenvalue weighted by Crippen LogP contribution is -2.09. The Balaban J connectivity index is 3.09. The number of halogens is 1. The standard InChI is InChI=1S/C10H14FNO/c1-3-13-10-8(7(2)12)5-4-6-9(10)11/h4-7H,3,12H2,1-2H3/t7-/m0/s1. The van der Waals surface area contributed by atoms with Crippen LogP contribution in [0.3, 0.4) is 0 Å². The highest BCUT2D eigenvalue weighted by Crippen LogP contribution is 2.26. The summed E-state index contributed by atoms with van der Waals surface area (Å²) in [6, 6.07) is 4.57. The lowest BCUT2D eigenvalue weighted by atomic mass is 10.1. The fourth-order valence-electron chi connectivity index (χ4n) is 1.18. The summed E-state index contributed by atoms with van der Waals surface area (Å²) in [5.74, 6) is -0.0725. The van der Waals surface area contributed by atoms with Crippen LogP contribution in [0.4, 0.5) is 4.39 Å². The van der Waals surface area contributed by atoms with E-state index in [1.165, 1.54) is 6.07 Å². The van der Waals surface area contributed by atoms with Crippen molar-refractivity contribution < 1.29 is 9.13 Å². The average molecular weight is 183 g/mol. The van der Waals surface area contributed by atoms with Gasteiger partial charge < -0.3 is 10.5 Å². The van der Waals surface area contributed by atoms with Crippen LogP contribution in [0.1, 0.15) is 25.5 Å². The quantitative estimate of drug-likeness (QED) is 0.780. The average Bonchev–Trinajstić information content (AvgIpc) is 2.08. The Hall–Kier alpha value is -1.09. The molecule has 0 unspecified atom stereocenters. The molecule has 0 saturated carbocycles. The van der Waals surface area contributed by atoms with Crippen molar-refractivity contribution >= 4 is 0 Å². The van der Waals surface area contributed by atoms with Crippen LogP contribution < -0.4 is 10.5 Å². The number of hydrogen-bond acceptors (Lipinski definition) is 2. The van der Waals surface area contributed by atoms with E-state index in [4.69, 9.17) is 10.5 Å². The fraction of sp³-hybridized carbons (Fsp3) is 0.400. The Labute approximate surface area is 77.5 Å². The summed E-state index contributed by atoms with van der Waals surface area (Å²) in [5.41, 5.74) is 6.38. The first-order valence-corrected chi connectivity index (χ1v) is 4.33. The van der Waals surface area contributed by atoms with Gasteiger partial charge in [-0.3, -0.25) is 0 Å². The van der Waals surface area contributed by atoms with Gasteiger partial charge in [-0.2, -0.15) is 0 Å². The van der Waals surface area contributed by atoms with E-state index in [9.17, 15) is 4.39 Å². The van der Waals surface area contributed by atoms with Gasteiger partial charge >= 0.3 is 0 Å². The molecule has 0 aliphatic rings. The van der Waals surface area contributed by atoms with Crippen LogP contribution in [0.5, 0.6) is 5.75 Å². The lowest BCUT2D eigenvalue weighted by Gasteiger charge is -2.13. The van der Waals surface area contributed by atoms with Crippen molar-refractivity contribution in [1.82, 2.24) is 0 Å². The number of rotatable bonds is 3. The maximum atomic E-state index is 13.2. The summed E-state index contributed by atoms with van der Waals surface area (Å²) in [7, 11) is 0. The molecule has 0 saturated heterocycles. The number of para-hydroxylation sites is 1. The largest absolute Gasteiger partial charge is 0.490 e. The monoisotopic (exact) mass is 183 g/mol. The van der Waals surface area contributed by atoms with Gasteiger partial charge in [-0.15, -0.1) is 0 Å². The Morgan fingerprint density at radius 1 is 1.54 bits per heavy atom. The Kier molecular flexibility index (Phi) is 3.25. The van der Waals surface area contributed by atoms with Crippen LogP contribution in [0.25, 0.3) is 0 Å². The van der Waals surface area contributed by atoms with Crippen molar-refractivity contribution in [2.75, 3.05) is 6.61 Å². The first kappa shape index (κ1) is 9.99. The van der Waals surface area contributed by atoms with Gasteiger partial charge in [0.25, 0.3) is 0 Å². The molecule has 0 aliphatic heterocycles. The fourth-order valence-corrected chi connectivity index (χ4v) is 1.18. The van der Waals surface area contributed by atoms with Crippen molar-refractivity contribution in [2.45, 2.75) is 19.9 Å². The molecule has 2 N–H and O–H groups in total. The van der Waals surface area contributed by atoms with E-state index in [1.54, 1.807) is 19.1 Å². The first-order chi connectivity index (χ1) is 6.16. The predicted octanol–water partition coefficient (Wildman–Crippen LogP) is 2.24. The van der Waals surface area contributed by atoms with Gasteiger partial charge in [0.1, 0.15) is 0 Å². The van der Waals surface area contributed by atoms with Crippen LogP contribution in [0, 0.1) is 5.82 Å². The molecule has 0 radical (unpaired) electrons. The van der Waals surface area contributed by atoms with E-state index in [1.807, 2.05) is 6.92 Å². The first-order valence-electron chi connectivity index (χ1n) is 4.33. The van der Waals surface area contributed by atoms with Crippen molar-refractivity contribution in [2.24, 2.45) is 5.73 Å². The van der Waals surface area contributed by atoms with Gasteiger partial charge in [0.2, 0.25) is 0 Å². The van der Waals surface area contributed by atoms with Crippen LogP contribution >= 0.6 is 0 Å². The summed E-state index contributed by atoms with van der Waals surface area (Å²) in [5, 5.41) is 0. The second kappa shape index (κ2) is 4.23. The topological polar surface area (TPSA) is 35.2 Å². The molecule has 0 aliphatic carbocycles. The van der Waals surface area contributed by atoms with Crippen LogP contribution in [0.2, 0.25) is 0 Å². The SMILES string of the molecule is CCOc1c(F)cccc1[C@H](C)N. The van der Waals surface area contributed by atoms with E-state index >= 15 is 0 Å². The second-order valence-electron chi connectivity index (χ2n) is 2.88. The molecule has 1 atom stereocenters. The summed E-state index contributed by atoms with van der Waals surface area (Å²) in [4.78, 5) is 0. The Bertz CT molecular complexity index is 286. The minimum absolute atomic E-state index is 0.211. The minimum atomic E-state index is -0.350. The molecule has 1 aromatic rings. The van der Waals surface area contributed by atoms with E-state index in [0.717, 1.165) is 0 Å². The third-order valence-corrected chi connectivity index (χ3v) is 1.78. The molecule has 0 spiro atoms. The van der Waals surface area contributed by atoms with Gasteiger partial charge in [0.05, 0.1) is 6.61 Å². The van der Waals surface area contributed by atoms with Gasteiger partial charge in [0.15, 0.2) is 11.6 Å². The highest BCUT2D eigenvalue weighted by atomic mass is 19.1. The summed E-state index contributed by atoms with van der Waals surface area (Å²) >= 11 is 0. The molecule has 1 rings (SSSR count). The molecule has 1 aromatic carbocycles. The maximum Gasteiger partial charge on any atom is 0.165 e. The molecule has 0 fully saturated rings. The molecule has 13 heavy (non-hydrogen) atoms. The smallest absolute Gasteiger partial charge is 0.165 e. The van der Waals surface area contributed by atoms with Gasteiger partial charge in [-0.1, -0.05) is 12.1 Å². The molecule has 0 heterocycles. The van der Waals surface area contributed by atoms with Gasteiger partial charge in [-0.05, 0) is 19.9 Å². The zero-order valence-electron chi connectivity index (χ0n) is 7.88. The number of ether oxygens (including phenoxy) is 1. The van der Waals surface area contributed by atoms with Crippen LogP contribution in [-0.2, 0) is 0 Å². The van der Waals surface area contributed by atoms with E-state index in [0.29, 0.717) is 12.2 Å². The molecule has 0 bridgehead atoms.